The fourth-order valence-corrected chi connectivity index (χ4v) is 3.98. The zero-order valence-corrected chi connectivity index (χ0v) is 15.5. The Balaban J connectivity index is 2.10. The third-order valence-corrected chi connectivity index (χ3v) is 6.54. The minimum Gasteiger partial charge on any atom is -0.477 e. The number of pyridine rings is 2. The summed E-state index contributed by atoms with van der Waals surface area (Å²) in [5.41, 5.74) is 0.257. The van der Waals surface area contributed by atoms with Crippen molar-refractivity contribution in [2.45, 2.75) is 18.1 Å². The predicted octanol–water partition coefficient (Wildman–Crippen LogP) is 2.21. The lowest BCUT2D eigenvalue weighted by molar-refractivity contribution is 0.0557. The number of hydrogen-bond donors (Lipinski definition) is 1. The third kappa shape index (κ3) is 4.42. The first kappa shape index (κ1) is 18.1. The first-order valence-electron chi connectivity index (χ1n) is 7.22. The van der Waals surface area contributed by atoms with E-state index in [4.69, 9.17) is 9.84 Å². The molecule has 0 radical (unpaired) electrons. The van der Waals surface area contributed by atoms with Crippen molar-refractivity contribution in [2.24, 2.45) is 0 Å². The zero-order valence-electron chi connectivity index (χ0n) is 13.6. The van der Waals surface area contributed by atoms with Crippen molar-refractivity contribution in [2.75, 3.05) is 12.5 Å². The van der Waals surface area contributed by atoms with Crippen LogP contribution in [-0.4, -0.2) is 47.6 Å². The summed E-state index contributed by atoms with van der Waals surface area (Å²) in [5.74, 6) is -1.56. The summed E-state index contributed by atoms with van der Waals surface area (Å²) >= 11 is 1.45. The Morgan fingerprint density at radius 2 is 1.79 bits per heavy atom. The maximum atomic E-state index is 12.2. The standard InChI is InChI=1S/C16H18N2O4SSi/c1-23-13-8-4-7-12(17-13)16(21)22-10-24(2,3)14-9-5-6-11(18-14)15(19)20/h4-9H,10H2,1-3H3,(H,19,20). The second-order valence-corrected chi connectivity index (χ2v) is 11.1. The third-order valence-electron chi connectivity index (χ3n) is 3.37. The lowest BCUT2D eigenvalue weighted by Gasteiger charge is -2.21. The molecule has 0 amide bonds. The maximum Gasteiger partial charge on any atom is 0.356 e. The van der Waals surface area contributed by atoms with Gasteiger partial charge in [-0.05, 0) is 30.5 Å². The lowest BCUT2D eigenvalue weighted by Crippen LogP contribution is -2.49. The number of carboxylic acid groups (broad SMARTS) is 1. The average molecular weight is 362 g/mol. The Bertz CT molecular complexity index is 767. The number of carbonyl (C=O) groups excluding carboxylic acids is 1. The SMILES string of the molecule is CSc1cccc(C(=O)OC[Si](C)(C)c2cccc(C(=O)O)n2)n1. The molecule has 0 bridgehead atoms. The van der Waals surface area contributed by atoms with Crippen LogP contribution in [0.2, 0.25) is 13.1 Å². The second kappa shape index (κ2) is 7.58. The van der Waals surface area contributed by atoms with Crippen LogP contribution in [0.5, 0.6) is 0 Å². The molecule has 0 fully saturated rings. The van der Waals surface area contributed by atoms with Gasteiger partial charge in [-0.25, -0.2) is 14.6 Å². The summed E-state index contributed by atoms with van der Waals surface area (Å²) in [7, 11) is -2.22. The molecule has 0 aliphatic rings. The molecule has 2 aromatic heterocycles. The van der Waals surface area contributed by atoms with Crippen molar-refractivity contribution in [3.63, 3.8) is 0 Å². The molecule has 0 atom stereocenters. The van der Waals surface area contributed by atoms with Gasteiger partial charge in [-0.2, -0.15) is 0 Å². The molecule has 0 spiro atoms. The summed E-state index contributed by atoms with van der Waals surface area (Å²) in [5, 5.41) is 10.5. The van der Waals surface area contributed by atoms with Crippen molar-refractivity contribution in [3.05, 3.63) is 47.8 Å². The van der Waals surface area contributed by atoms with Gasteiger partial charge in [-0.3, -0.25) is 4.98 Å². The van der Waals surface area contributed by atoms with Gasteiger partial charge in [0.05, 0.1) is 11.3 Å². The zero-order chi connectivity index (χ0) is 17.7. The first-order chi connectivity index (χ1) is 11.3. The Kier molecular flexibility index (Phi) is 5.74. The maximum absolute atomic E-state index is 12.2. The van der Waals surface area contributed by atoms with Crippen LogP contribution in [0, 0.1) is 0 Å². The van der Waals surface area contributed by atoms with Gasteiger partial charge in [0.15, 0.2) is 0 Å². The second-order valence-electron chi connectivity index (χ2n) is 5.74. The molecule has 0 unspecified atom stereocenters. The topological polar surface area (TPSA) is 89.4 Å². The van der Waals surface area contributed by atoms with Crippen molar-refractivity contribution < 1.29 is 19.4 Å². The molecule has 2 rings (SSSR count). The molecule has 6 nitrogen and oxygen atoms in total. The first-order valence-corrected chi connectivity index (χ1v) is 11.7. The smallest absolute Gasteiger partial charge is 0.356 e. The largest absolute Gasteiger partial charge is 0.477 e. The summed E-state index contributed by atoms with van der Waals surface area (Å²) < 4.78 is 5.41. The van der Waals surface area contributed by atoms with Gasteiger partial charge in [0.2, 0.25) is 0 Å². The van der Waals surface area contributed by atoms with E-state index in [1.54, 1.807) is 24.3 Å². The number of nitrogens with zero attached hydrogens (tertiary/aromatic N) is 2. The van der Waals surface area contributed by atoms with E-state index in [1.807, 2.05) is 25.4 Å². The molecule has 1 N–H and O–H groups in total. The number of aromatic carboxylic acids is 1. The Morgan fingerprint density at radius 1 is 1.12 bits per heavy atom. The van der Waals surface area contributed by atoms with E-state index in [9.17, 15) is 9.59 Å². The van der Waals surface area contributed by atoms with Crippen LogP contribution in [0.15, 0.2) is 41.4 Å². The van der Waals surface area contributed by atoms with Gasteiger partial charge in [0.25, 0.3) is 0 Å². The normalized spacial score (nSPS) is 11.1. The number of esters is 1. The molecule has 0 aromatic carbocycles. The van der Waals surface area contributed by atoms with E-state index >= 15 is 0 Å². The molecule has 0 aliphatic carbocycles. The van der Waals surface area contributed by atoms with Crippen LogP contribution in [0.1, 0.15) is 21.0 Å². The summed E-state index contributed by atoms with van der Waals surface area (Å²) in [6.45, 7) is 3.94. The van der Waals surface area contributed by atoms with Crippen molar-refractivity contribution in [1.82, 2.24) is 9.97 Å². The van der Waals surface area contributed by atoms with Gasteiger partial charge >= 0.3 is 11.9 Å². The van der Waals surface area contributed by atoms with Crippen LogP contribution in [0.3, 0.4) is 0 Å². The van der Waals surface area contributed by atoms with Gasteiger partial charge in [0.1, 0.15) is 19.5 Å². The van der Waals surface area contributed by atoms with Crippen LogP contribution >= 0.6 is 11.8 Å². The van der Waals surface area contributed by atoms with Gasteiger partial charge in [-0.1, -0.05) is 25.2 Å². The average Bonchev–Trinajstić information content (AvgIpc) is 2.59. The number of carbonyl (C=O) groups is 2. The number of aromatic nitrogens is 2. The molecular weight excluding hydrogens is 344 g/mol. The minimum absolute atomic E-state index is 0.00580. The highest BCUT2D eigenvalue weighted by Crippen LogP contribution is 2.12. The monoisotopic (exact) mass is 362 g/mol. The van der Waals surface area contributed by atoms with E-state index in [0.29, 0.717) is 5.32 Å². The highest BCUT2D eigenvalue weighted by atomic mass is 32.2. The number of hydrogen-bond acceptors (Lipinski definition) is 6. The van der Waals surface area contributed by atoms with Gasteiger partial charge in [0, 0.05) is 5.32 Å². The molecule has 8 heteroatoms. The molecule has 2 heterocycles. The Labute approximate surface area is 145 Å². The summed E-state index contributed by atoms with van der Waals surface area (Å²) in [4.78, 5) is 31.6. The summed E-state index contributed by atoms with van der Waals surface area (Å²) in [6, 6.07) is 10.1. The molecule has 24 heavy (non-hydrogen) atoms. The van der Waals surface area contributed by atoms with Gasteiger partial charge in [-0.15, -0.1) is 11.8 Å². The predicted molar refractivity (Wildman–Crippen MR) is 94.6 cm³/mol. The number of carboxylic acids is 1. The lowest BCUT2D eigenvalue weighted by atomic mass is 10.4. The number of ether oxygens (including phenoxy) is 1. The molecule has 126 valence electrons. The molecule has 2 aromatic rings. The fraction of sp³-hybridized carbons (Fsp3) is 0.250. The highest BCUT2D eigenvalue weighted by molar-refractivity contribution is 7.98. The van der Waals surface area contributed by atoms with Crippen molar-refractivity contribution in [3.8, 4) is 0 Å². The van der Waals surface area contributed by atoms with E-state index in [1.165, 1.54) is 17.8 Å². The Morgan fingerprint density at radius 3 is 2.46 bits per heavy atom. The number of rotatable bonds is 6. The highest BCUT2D eigenvalue weighted by Gasteiger charge is 2.29. The Hall–Kier alpha value is -2.19. The van der Waals surface area contributed by atoms with E-state index in [2.05, 4.69) is 9.97 Å². The van der Waals surface area contributed by atoms with Gasteiger partial charge < -0.3 is 9.84 Å². The van der Waals surface area contributed by atoms with E-state index in [0.717, 1.165) is 5.03 Å². The molecule has 0 saturated heterocycles. The summed E-state index contributed by atoms with van der Waals surface area (Å²) in [6.07, 6.45) is 2.08. The van der Waals surface area contributed by atoms with Crippen LogP contribution in [0.4, 0.5) is 0 Å². The number of thioether (sulfide) groups is 1. The fourth-order valence-electron chi connectivity index (χ4n) is 1.97. The van der Waals surface area contributed by atoms with Crippen molar-refractivity contribution >= 4 is 37.1 Å². The van der Waals surface area contributed by atoms with Crippen LogP contribution < -0.4 is 5.32 Å². The van der Waals surface area contributed by atoms with Crippen molar-refractivity contribution in [1.29, 1.82) is 0 Å². The van der Waals surface area contributed by atoms with Crippen LogP contribution in [-0.2, 0) is 4.74 Å². The van der Waals surface area contributed by atoms with E-state index < -0.39 is 20.0 Å². The van der Waals surface area contributed by atoms with E-state index in [-0.39, 0.29) is 17.6 Å². The molecule has 0 aliphatic heterocycles. The van der Waals surface area contributed by atoms with Crippen LogP contribution in [0.25, 0.3) is 0 Å². The molecule has 0 saturated carbocycles. The minimum atomic E-state index is -2.22. The quantitative estimate of drug-likeness (QED) is 0.479. The molecular formula is C16H18N2O4SSi.